The van der Waals surface area contributed by atoms with Gasteiger partial charge in [-0.25, -0.2) is 0 Å². The second kappa shape index (κ2) is 6.70. The number of carbonyl (C=O) groups excluding carboxylic acids is 1. The molecule has 0 aliphatic heterocycles. The van der Waals surface area contributed by atoms with Gasteiger partial charge in [-0.05, 0) is 37.9 Å². The Kier molecular flexibility index (Phi) is 5.91. The molecule has 0 saturated heterocycles. The van der Waals surface area contributed by atoms with Gasteiger partial charge in [-0.1, -0.05) is 0 Å². The molecule has 4 nitrogen and oxygen atoms in total. The predicted octanol–water partition coefficient (Wildman–Crippen LogP) is 2.62. The summed E-state index contributed by atoms with van der Waals surface area (Å²) in [5.41, 5.74) is 0.600. The summed E-state index contributed by atoms with van der Waals surface area (Å²) in [5.74, 6) is -0.159. The van der Waals surface area contributed by atoms with Gasteiger partial charge in [0.1, 0.15) is 0 Å². The zero-order chi connectivity index (χ0) is 12.1. The molecule has 0 radical (unpaired) electrons. The molecular weight excluding hydrogens is 362 g/mol. The normalized spacial score (nSPS) is 10.8. The highest BCUT2D eigenvalue weighted by atomic mass is 79.9. The molecule has 0 unspecified atom stereocenters. The van der Waals surface area contributed by atoms with Crippen molar-refractivity contribution in [1.29, 1.82) is 0 Å². The molecule has 90 valence electrons. The van der Waals surface area contributed by atoms with Crippen molar-refractivity contribution in [1.82, 2.24) is 5.32 Å². The van der Waals surface area contributed by atoms with E-state index in [9.17, 15) is 4.79 Å². The van der Waals surface area contributed by atoms with Crippen molar-refractivity contribution in [3.63, 3.8) is 0 Å². The summed E-state index contributed by atoms with van der Waals surface area (Å²) in [6.07, 6.45) is -0.426. The van der Waals surface area contributed by atoms with E-state index in [-0.39, 0.29) is 5.91 Å². The lowest BCUT2D eigenvalue weighted by Crippen LogP contribution is -2.34. The van der Waals surface area contributed by atoms with E-state index in [4.69, 9.17) is 9.47 Å². The van der Waals surface area contributed by atoms with Gasteiger partial charge in [0, 0.05) is 14.2 Å². The van der Waals surface area contributed by atoms with E-state index in [1.165, 1.54) is 25.6 Å². The van der Waals surface area contributed by atoms with E-state index in [0.29, 0.717) is 12.1 Å². The van der Waals surface area contributed by atoms with Crippen LogP contribution in [0.2, 0.25) is 0 Å². The van der Waals surface area contributed by atoms with Crippen molar-refractivity contribution in [2.45, 2.75) is 6.29 Å². The van der Waals surface area contributed by atoms with Gasteiger partial charge in [0.25, 0.3) is 5.91 Å². The third kappa shape index (κ3) is 3.81. The van der Waals surface area contributed by atoms with Crippen molar-refractivity contribution >= 4 is 49.1 Å². The topological polar surface area (TPSA) is 47.6 Å². The fourth-order valence-corrected chi connectivity index (χ4v) is 3.82. The van der Waals surface area contributed by atoms with Crippen LogP contribution in [0.25, 0.3) is 0 Å². The minimum atomic E-state index is -0.426. The molecule has 7 heteroatoms. The number of amides is 1. The Labute approximate surface area is 115 Å². The van der Waals surface area contributed by atoms with Gasteiger partial charge in [0.05, 0.1) is 19.7 Å². The highest BCUT2D eigenvalue weighted by Gasteiger charge is 2.15. The van der Waals surface area contributed by atoms with Gasteiger partial charge in [0.2, 0.25) is 0 Å². The highest BCUT2D eigenvalue weighted by Crippen LogP contribution is 2.31. The Morgan fingerprint density at radius 2 is 2.12 bits per heavy atom. The largest absolute Gasteiger partial charge is 0.354 e. The van der Waals surface area contributed by atoms with Crippen molar-refractivity contribution in [3.05, 3.63) is 19.2 Å². The van der Waals surface area contributed by atoms with E-state index in [1.807, 2.05) is 0 Å². The average Bonchev–Trinajstić information content (AvgIpc) is 2.59. The lowest BCUT2D eigenvalue weighted by atomic mass is 10.3. The molecule has 1 rings (SSSR count). The Morgan fingerprint density at radius 3 is 2.56 bits per heavy atom. The second-order valence-electron chi connectivity index (χ2n) is 2.85. The predicted molar refractivity (Wildman–Crippen MR) is 69.9 cm³/mol. The van der Waals surface area contributed by atoms with E-state index < -0.39 is 6.29 Å². The van der Waals surface area contributed by atoms with Crippen molar-refractivity contribution in [2.75, 3.05) is 20.8 Å². The van der Waals surface area contributed by atoms with Gasteiger partial charge in [0.15, 0.2) is 6.29 Å². The zero-order valence-corrected chi connectivity index (χ0v) is 12.7. The summed E-state index contributed by atoms with van der Waals surface area (Å²) >= 11 is 8.10. The first kappa shape index (κ1) is 14.1. The summed E-state index contributed by atoms with van der Waals surface area (Å²) in [6, 6.07) is 1.76. The molecule has 0 aliphatic carbocycles. The van der Waals surface area contributed by atoms with E-state index in [1.54, 1.807) is 6.07 Å². The quantitative estimate of drug-likeness (QED) is 0.808. The fraction of sp³-hybridized carbons (Fsp3) is 0.444. The fourth-order valence-electron chi connectivity index (χ4n) is 1.03. The smallest absolute Gasteiger partial charge is 0.253 e. The van der Waals surface area contributed by atoms with Crippen LogP contribution in [0, 0.1) is 0 Å². The minimum absolute atomic E-state index is 0.159. The molecule has 1 amide bonds. The van der Waals surface area contributed by atoms with Crippen LogP contribution in [0.15, 0.2) is 13.6 Å². The summed E-state index contributed by atoms with van der Waals surface area (Å²) in [7, 11) is 3.05. The van der Waals surface area contributed by atoms with Gasteiger partial charge >= 0.3 is 0 Å². The maximum absolute atomic E-state index is 11.7. The number of ether oxygens (including phenoxy) is 2. The molecule has 0 fully saturated rings. The molecule has 0 bridgehead atoms. The number of thiophene rings is 1. The molecule has 0 aromatic carbocycles. The van der Waals surface area contributed by atoms with E-state index in [2.05, 4.69) is 37.2 Å². The summed E-state index contributed by atoms with van der Waals surface area (Å²) in [4.78, 5) is 11.7. The van der Waals surface area contributed by atoms with Gasteiger partial charge < -0.3 is 14.8 Å². The molecule has 16 heavy (non-hydrogen) atoms. The van der Waals surface area contributed by atoms with Gasteiger partial charge in [-0.3, -0.25) is 4.79 Å². The number of nitrogens with one attached hydrogen (secondary N) is 1. The van der Waals surface area contributed by atoms with Crippen molar-refractivity contribution in [3.8, 4) is 0 Å². The molecule has 1 aromatic rings. The van der Waals surface area contributed by atoms with Crippen LogP contribution in [-0.4, -0.2) is 33.0 Å². The molecule has 1 N–H and O–H groups in total. The van der Waals surface area contributed by atoms with Gasteiger partial charge in [-0.15, -0.1) is 11.3 Å². The zero-order valence-electron chi connectivity index (χ0n) is 8.75. The van der Waals surface area contributed by atoms with E-state index >= 15 is 0 Å². The lowest BCUT2D eigenvalue weighted by molar-refractivity contribution is -0.0974. The Balaban J connectivity index is 2.56. The molecule has 1 aromatic heterocycles. The second-order valence-corrected chi connectivity index (χ2v) is 6.60. The lowest BCUT2D eigenvalue weighted by Gasteiger charge is -2.13. The summed E-state index contributed by atoms with van der Waals surface area (Å²) in [5, 5.41) is 2.72. The number of rotatable bonds is 5. The summed E-state index contributed by atoms with van der Waals surface area (Å²) < 4.78 is 11.6. The molecule has 0 spiro atoms. The monoisotopic (exact) mass is 371 g/mol. The summed E-state index contributed by atoms with van der Waals surface area (Å²) in [6.45, 7) is 0.311. The van der Waals surface area contributed by atoms with Crippen LogP contribution in [0.1, 0.15) is 10.4 Å². The van der Waals surface area contributed by atoms with Crippen LogP contribution < -0.4 is 5.32 Å². The third-order valence-electron chi connectivity index (χ3n) is 1.86. The Bertz CT molecular complexity index is 366. The molecule has 0 atom stereocenters. The van der Waals surface area contributed by atoms with E-state index in [0.717, 1.165) is 7.57 Å². The molecule has 0 aliphatic rings. The van der Waals surface area contributed by atoms with Crippen molar-refractivity contribution < 1.29 is 14.3 Å². The number of methoxy groups -OCH3 is 2. The first-order chi connectivity index (χ1) is 7.58. The number of halogens is 2. The number of hydrogen-bond donors (Lipinski definition) is 1. The van der Waals surface area contributed by atoms with Gasteiger partial charge in [-0.2, -0.15) is 0 Å². The van der Waals surface area contributed by atoms with Crippen LogP contribution in [-0.2, 0) is 9.47 Å². The van der Waals surface area contributed by atoms with Crippen LogP contribution >= 0.6 is 43.2 Å². The third-order valence-corrected chi connectivity index (χ3v) is 4.20. The standard InChI is InChI=1S/C9H11Br2NO3S/c1-14-7(15-2)4-12-9(13)5-3-6(10)16-8(5)11/h3,7H,4H2,1-2H3,(H,12,13). The number of carbonyl (C=O) groups is 1. The average molecular weight is 373 g/mol. The molecular formula is C9H11Br2NO3S. The first-order valence-corrected chi connectivity index (χ1v) is 6.77. The molecule has 1 heterocycles. The van der Waals surface area contributed by atoms with Crippen LogP contribution in [0.4, 0.5) is 0 Å². The van der Waals surface area contributed by atoms with Crippen LogP contribution in [0.3, 0.4) is 0 Å². The SMILES string of the molecule is COC(CNC(=O)c1cc(Br)sc1Br)OC. The Hall–Kier alpha value is 0.0500. The minimum Gasteiger partial charge on any atom is -0.354 e. The van der Waals surface area contributed by atoms with Crippen LogP contribution in [0.5, 0.6) is 0 Å². The maximum Gasteiger partial charge on any atom is 0.253 e. The highest BCUT2D eigenvalue weighted by molar-refractivity contribution is 9.12. The first-order valence-electron chi connectivity index (χ1n) is 4.37. The number of hydrogen-bond acceptors (Lipinski definition) is 4. The Morgan fingerprint density at radius 1 is 1.50 bits per heavy atom. The molecule has 0 saturated carbocycles. The maximum atomic E-state index is 11.7. The van der Waals surface area contributed by atoms with Crippen molar-refractivity contribution in [2.24, 2.45) is 0 Å².